The van der Waals surface area contributed by atoms with Crippen LogP contribution in [-0.2, 0) is 51.2 Å². The van der Waals surface area contributed by atoms with Crippen LogP contribution in [0.25, 0.3) is 0 Å². The summed E-state index contributed by atoms with van der Waals surface area (Å²) in [7, 11) is 0. The summed E-state index contributed by atoms with van der Waals surface area (Å²) >= 11 is 0. The van der Waals surface area contributed by atoms with Crippen LogP contribution in [0.5, 0.6) is 5.75 Å². The number of aromatic hydroxyl groups is 1. The van der Waals surface area contributed by atoms with Crippen LogP contribution in [0.1, 0.15) is 69.9 Å². The fraction of sp³-hybridized carbons (Fsp3) is 0.511. The molecule has 1 fully saturated rings. The molecule has 1 heterocycles. The lowest BCUT2D eigenvalue weighted by molar-refractivity contribution is -0.149. The van der Waals surface area contributed by atoms with E-state index in [-0.39, 0.29) is 94.6 Å². The standard InChI is InChI=1S/C45H68N14O10/c1-26(2)21-33(40(65)56-31(11-6-18-51-44(47)48)39(64)57-32(12-7-19-52-45(49)50)42(67)59-20-8-13-35(59)43(68)69)58-41(66)34(23-27-9-4-3-5-10-27)55-37(62)25-53-36(61)24-54-38(63)30(46)22-28-14-16-29(60)17-15-28/h3-5,9-10,14-17,26,30-35,60H,6-8,11-13,18-25,46H2,1-2H3,(H,53,61)(H,54,63)(H,55,62)(H,56,65)(H,57,64)(H,58,66)(H,68,69)(H4,47,48,51)(H4,49,50,52)/t30-,31-,32-,33-,34-,35-/m0/s1. The molecule has 0 radical (unpaired) electrons. The highest BCUT2D eigenvalue weighted by atomic mass is 16.4. The zero-order valence-electron chi connectivity index (χ0n) is 39.0. The molecule has 69 heavy (non-hydrogen) atoms. The quantitative estimate of drug-likeness (QED) is 0.0228. The Morgan fingerprint density at radius 2 is 1.20 bits per heavy atom. The number of amides is 7. The summed E-state index contributed by atoms with van der Waals surface area (Å²) in [5.41, 5.74) is 29.2. The molecule has 24 nitrogen and oxygen atoms in total. The van der Waals surface area contributed by atoms with E-state index in [9.17, 15) is 48.6 Å². The first-order chi connectivity index (χ1) is 32.7. The number of rotatable bonds is 28. The van der Waals surface area contributed by atoms with E-state index < -0.39 is 96.7 Å². The monoisotopic (exact) mass is 965 g/mol. The number of nitrogens with two attached hydrogens (primary N) is 5. The van der Waals surface area contributed by atoms with E-state index in [1.165, 1.54) is 17.0 Å². The number of nitrogens with zero attached hydrogens (tertiary/aromatic N) is 3. The molecule has 7 amide bonds. The van der Waals surface area contributed by atoms with Crippen LogP contribution in [0.2, 0.25) is 0 Å². The van der Waals surface area contributed by atoms with Gasteiger partial charge in [-0.3, -0.25) is 43.5 Å². The van der Waals surface area contributed by atoms with E-state index in [1.807, 2.05) is 13.8 Å². The largest absolute Gasteiger partial charge is 0.508 e. The van der Waals surface area contributed by atoms with Gasteiger partial charge < -0.3 is 75.7 Å². The van der Waals surface area contributed by atoms with Crippen molar-refractivity contribution in [2.24, 2.45) is 44.6 Å². The fourth-order valence-electron chi connectivity index (χ4n) is 7.36. The Kier molecular flexibility index (Phi) is 23.2. The number of benzene rings is 2. The lowest BCUT2D eigenvalue weighted by Crippen LogP contribution is -2.59. The maximum Gasteiger partial charge on any atom is 0.326 e. The van der Waals surface area contributed by atoms with Crippen LogP contribution >= 0.6 is 0 Å². The summed E-state index contributed by atoms with van der Waals surface area (Å²) in [5.74, 6) is -6.71. The molecule has 378 valence electrons. The number of aliphatic carboxylic acids is 1. The number of likely N-dealkylation sites (tertiary alicyclic amines) is 1. The Morgan fingerprint density at radius 1 is 0.667 bits per heavy atom. The highest BCUT2D eigenvalue weighted by Crippen LogP contribution is 2.20. The maximum atomic E-state index is 14.2. The Bertz CT molecular complexity index is 2110. The van der Waals surface area contributed by atoms with Crippen molar-refractivity contribution in [3.05, 3.63) is 65.7 Å². The molecule has 0 unspecified atom stereocenters. The van der Waals surface area contributed by atoms with Gasteiger partial charge in [0.05, 0.1) is 19.1 Å². The molecule has 3 rings (SSSR count). The Hall–Kier alpha value is -7.50. The van der Waals surface area contributed by atoms with Crippen molar-refractivity contribution in [1.29, 1.82) is 0 Å². The van der Waals surface area contributed by atoms with Crippen LogP contribution in [-0.4, -0.2) is 143 Å². The first kappa shape index (κ1) is 55.8. The van der Waals surface area contributed by atoms with Gasteiger partial charge in [0.2, 0.25) is 41.4 Å². The lowest BCUT2D eigenvalue weighted by Gasteiger charge is -2.29. The number of carboxylic acid groups (broad SMARTS) is 1. The zero-order valence-corrected chi connectivity index (χ0v) is 39.0. The molecule has 1 aliphatic rings. The van der Waals surface area contributed by atoms with Gasteiger partial charge in [0, 0.05) is 26.1 Å². The minimum atomic E-state index is -1.30. The molecule has 0 spiro atoms. The number of carbonyl (C=O) groups excluding carboxylic acids is 7. The van der Waals surface area contributed by atoms with E-state index in [0.717, 1.165) is 0 Å². The molecule has 0 aliphatic carbocycles. The number of hydrogen-bond donors (Lipinski definition) is 13. The minimum Gasteiger partial charge on any atom is -0.508 e. The summed E-state index contributed by atoms with van der Waals surface area (Å²) in [6.45, 7) is 2.89. The number of hydrogen-bond acceptors (Lipinski definition) is 12. The third kappa shape index (κ3) is 20.5. The third-order valence-corrected chi connectivity index (χ3v) is 10.8. The van der Waals surface area contributed by atoms with E-state index in [0.29, 0.717) is 17.5 Å². The molecule has 6 atom stereocenters. The Balaban J connectivity index is 1.77. The van der Waals surface area contributed by atoms with Gasteiger partial charge in [0.1, 0.15) is 36.0 Å². The number of carbonyl (C=O) groups is 8. The number of carboxylic acids is 1. The first-order valence-corrected chi connectivity index (χ1v) is 22.7. The van der Waals surface area contributed by atoms with Crippen molar-refractivity contribution in [2.75, 3.05) is 32.7 Å². The molecule has 2 aromatic carbocycles. The number of nitrogens with one attached hydrogen (secondary N) is 6. The second-order valence-electron chi connectivity index (χ2n) is 17.0. The average Bonchev–Trinajstić information content (AvgIpc) is 3.80. The van der Waals surface area contributed by atoms with Crippen molar-refractivity contribution in [3.8, 4) is 5.75 Å². The first-order valence-electron chi connectivity index (χ1n) is 22.7. The molecule has 1 saturated heterocycles. The summed E-state index contributed by atoms with van der Waals surface area (Å²) in [6.07, 6.45) is 1.30. The highest BCUT2D eigenvalue weighted by Gasteiger charge is 2.39. The predicted octanol–water partition coefficient (Wildman–Crippen LogP) is -3.09. The van der Waals surface area contributed by atoms with Gasteiger partial charge in [0.15, 0.2) is 11.9 Å². The Morgan fingerprint density at radius 3 is 1.80 bits per heavy atom. The van der Waals surface area contributed by atoms with Gasteiger partial charge in [-0.1, -0.05) is 56.3 Å². The second-order valence-corrected chi connectivity index (χ2v) is 17.0. The smallest absolute Gasteiger partial charge is 0.326 e. The molecule has 0 aromatic heterocycles. The van der Waals surface area contributed by atoms with Crippen LogP contribution in [0.3, 0.4) is 0 Å². The number of guanidine groups is 2. The zero-order chi connectivity index (χ0) is 51.0. The second kappa shape index (κ2) is 28.6. The van der Waals surface area contributed by atoms with Gasteiger partial charge in [-0.15, -0.1) is 0 Å². The summed E-state index contributed by atoms with van der Waals surface area (Å²) in [5, 5.41) is 34.8. The summed E-state index contributed by atoms with van der Waals surface area (Å²) in [4.78, 5) is 116. The molecule has 0 saturated carbocycles. The topological polar surface area (TPSA) is 407 Å². The van der Waals surface area contributed by atoms with Crippen LogP contribution in [0, 0.1) is 5.92 Å². The summed E-state index contributed by atoms with van der Waals surface area (Å²) < 4.78 is 0. The molecule has 2 aromatic rings. The number of phenols is 1. The lowest BCUT2D eigenvalue weighted by atomic mass is 10.00. The van der Waals surface area contributed by atoms with E-state index >= 15 is 0 Å². The third-order valence-electron chi connectivity index (χ3n) is 10.8. The summed E-state index contributed by atoms with van der Waals surface area (Å²) in [6, 6.07) is 7.71. The number of phenolic OH excluding ortho intramolecular Hbond substituents is 1. The average molecular weight is 965 g/mol. The number of aliphatic imine (C=N–C) groups is 2. The van der Waals surface area contributed by atoms with E-state index in [4.69, 9.17) is 28.7 Å². The SMILES string of the molecule is CC(C)C[C@H](NC(=O)[C@H](Cc1ccccc1)NC(=O)CNC(=O)CNC(=O)[C@@H](N)Cc1ccc(O)cc1)C(=O)N[C@@H](CCCN=C(N)N)C(=O)N[C@@H](CCCN=C(N)N)C(=O)N1CCC[C@H]1C(=O)O. The van der Waals surface area contributed by atoms with Crippen LogP contribution in [0.4, 0.5) is 0 Å². The van der Waals surface area contributed by atoms with Gasteiger partial charge >= 0.3 is 5.97 Å². The van der Waals surface area contributed by atoms with Gasteiger partial charge in [-0.05, 0) is 80.5 Å². The van der Waals surface area contributed by atoms with Crippen molar-refractivity contribution >= 4 is 59.2 Å². The maximum absolute atomic E-state index is 14.2. The predicted molar refractivity (Wildman–Crippen MR) is 255 cm³/mol. The molecule has 0 bridgehead atoms. The van der Waals surface area contributed by atoms with Crippen molar-refractivity contribution in [2.45, 2.75) is 108 Å². The fourth-order valence-corrected chi connectivity index (χ4v) is 7.36. The molecular weight excluding hydrogens is 897 g/mol. The van der Waals surface area contributed by atoms with Crippen LogP contribution in [0.15, 0.2) is 64.6 Å². The van der Waals surface area contributed by atoms with Crippen LogP contribution < -0.4 is 60.6 Å². The normalized spacial score (nSPS) is 15.2. The van der Waals surface area contributed by atoms with Gasteiger partial charge in [-0.2, -0.15) is 0 Å². The van der Waals surface area contributed by atoms with Crippen molar-refractivity contribution in [1.82, 2.24) is 36.8 Å². The van der Waals surface area contributed by atoms with Gasteiger partial charge in [0.25, 0.3) is 0 Å². The van der Waals surface area contributed by atoms with Crippen molar-refractivity contribution < 1.29 is 48.6 Å². The Labute approximate surface area is 400 Å². The van der Waals surface area contributed by atoms with E-state index in [1.54, 1.807) is 42.5 Å². The molecule has 18 N–H and O–H groups in total. The highest BCUT2D eigenvalue weighted by molar-refractivity contribution is 5.97. The van der Waals surface area contributed by atoms with E-state index in [2.05, 4.69) is 41.9 Å². The van der Waals surface area contributed by atoms with Crippen molar-refractivity contribution in [3.63, 3.8) is 0 Å². The molecule has 24 heteroatoms. The van der Waals surface area contributed by atoms with Gasteiger partial charge in [-0.25, -0.2) is 4.79 Å². The molecular formula is C45H68N14O10. The minimum absolute atomic E-state index is 0.0223. The molecule has 1 aliphatic heterocycles.